The Bertz CT molecular complexity index is 1040. The Morgan fingerprint density at radius 1 is 0.897 bits per heavy atom. The molecule has 0 radical (unpaired) electrons. The van der Waals surface area contributed by atoms with Gasteiger partial charge in [0.2, 0.25) is 0 Å². The van der Waals surface area contributed by atoms with E-state index in [9.17, 15) is 9.59 Å². The van der Waals surface area contributed by atoms with Gasteiger partial charge < -0.3 is 14.2 Å². The fourth-order valence-electron chi connectivity index (χ4n) is 2.69. The summed E-state index contributed by atoms with van der Waals surface area (Å²) in [5, 5.41) is 3.09. The van der Waals surface area contributed by atoms with E-state index >= 15 is 0 Å². The van der Waals surface area contributed by atoms with E-state index < -0.39 is 12.1 Å². The summed E-state index contributed by atoms with van der Waals surface area (Å²) in [4.78, 5) is 24.5. The lowest BCUT2D eigenvalue weighted by atomic mass is 10.0. The van der Waals surface area contributed by atoms with Crippen LogP contribution < -0.4 is 14.8 Å². The van der Waals surface area contributed by atoms with Crippen LogP contribution in [0.2, 0.25) is 5.02 Å². The second-order valence-corrected chi connectivity index (χ2v) is 6.33. The zero-order valence-corrected chi connectivity index (χ0v) is 16.5. The van der Waals surface area contributed by atoms with Gasteiger partial charge in [-0.1, -0.05) is 35.9 Å². The van der Waals surface area contributed by atoms with Crippen molar-refractivity contribution < 1.29 is 23.8 Å². The first-order valence-electron chi connectivity index (χ1n) is 8.62. The van der Waals surface area contributed by atoms with Crippen LogP contribution in [0, 0.1) is 0 Å². The Labute approximate surface area is 173 Å². The fraction of sp³-hybridized carbons (Fsp3) is 0.0909. The lowest BCUT2D eigenvalue weighted by molar-refractivity contribution is 0.0602. The van der Waals surface area contributed by atoms with E-state index in [4.69, 9.17) is 25.8 Å². The monoisotopic (exact) mass is 411 g/mol. The molecule has 0 spiro atoms. The summed E-state index contributed by atoms with van der Waals surface area (Å²) in [7, 11) is 2.82. The lowest BCUT2D eigenvalue weighted by Crippen LogP contribution is -2.19. The Morgan fingerprint density at radius 3 is 2.34 bits per heavy atom. The number of carbonyl (C=O) groups excluding carboxylic acids is 2. The summed E-state index contributed by atoms with van der Waals surface area (Å²) >= 11 is 6.32. The molecule has 6 nitrogen and oxygen atoms in total. The van der Waals surface area contributed by atoms with E-state index in [1.54, 1.807) is 67.8 Å². The van der Waals surface area contributed by atoms with Crippen molar-refractivity contribution in [1.82, 2.24) is 0 Å². The zero-order valence-electron chi connectivity index (χ0n) is 15.8. The van der Waals surface area contributed by atoms with Crippen molar-refractivity contribution in [1.29, 1.82) is 0 Å². The van der Waals surface area contributed by atoms with Gasteiger partial charge in [-0.3, -0.25) is 5.32 Å². The Hall–Kier alpha value is -3.51. The fourth-order valence-corrected chi connectivity index (χ4v) is 2.91. The van der Waals surface area contributed by atoms with Crippen molar-refractivity contribution in [2.75, 3.05) is 19.5 Å². The Morgan fingerprint density at radius 2 is 1.66 bits per heavy atom. The SMILES string of the molecule is COC(=O)c1ccc(-c2cc(OC)ccc2Cl)cc1NC(=O)Oc1ccccc1. The van der Waals surface area contributed by atoms with Crippen LogP contribution in [0.3, 0.4) is 0 Å². The maximum Gasteiger partial charge on any atom is 0.417 e. The highest BCUT2D eigenvalue weighted by molar-refractivity contribution is 6.33. The van der Waals surface area contributed by atoms with Crippen molar-refractivity contribution in [2.24, 2.45) is 0 Å². The number of carbonyl (C=O) groups is 2. The molecule has 0 saturated carbocycles. The Kier molecular flexibility index (Phi) is 6.36. The summed E-state index contributed by atoms with van der Waals surface area (Å²) in [6.45, 7) is 0. The van der Waals surface area contributed by atoms with Crippen LogP contribution in [0.25, 0.3) is 11.1 Å². The quantitative estimate of drug-likeness (QED) is 0.568. The van der Waals surface area contributed by atoms with E-state index in [0.717, 1.165) is 0 Å². The number of ether oxygens (including phenoxy) is 3. The number of rotatable bonds is 5. The van der Waals surface area contributed by atoms with Crippen LogP contribution >= 0.6 is 11.6 Å². The van der Waals surface area contributed by atoms with E-state index in [2.05, 4.69) is 5.32 Å². The maximum atomic E-state index is 12.3. The number of benzene rings is 3. The molecule has 29 heavy (non-hydrogen) atoms. The van der Waals surface area contributed by atoms with E-state index in [1.807, 2.05) is 6.07 Å². The highest BCUT2D eigenvalue weighted by Gasteiger charge is 2.17. The summed E-state index contributed by atoms with van der Waals surface area (Å²) in [6.07, 6.45) is -0.741. The van der Waals surface area contributed by atoms with Gasteiger partial charge in [-0.15, -0.1) is 0 Å². The molecule has 0 aliphatic heterocycles. The molecule has 3 aromatic rings. The first-order valence-corrected chi connectivity index (χ1v) is 8.99. The maximum absolute atomic E-state index is 12.3. The largest absolute Gasteiger partial charge is 0.497 e. The van der Waals surface area contributed by atoms with Gasteiger partial charge in [0.15, 0.2) is 0 Å². The standard InChI is InChI=1S/C22H18ClNO5/c1-27-16-9-11-19(23)18(13-16)14-8-10-17(21(25)28-2)20(12-14)24-22(26)29-15-6-4-3-5-7-15/h3-13H,1-2H3,(H,24,26). The number of para-hydroxylation sites is 1. The van der Waals surface area contributed by atoms with Crippen molar-refractivity contribution in [2.45, 2.75) is 0 Å². The van der Waals surface area contributed by atoms with Gasteiger partial charge in [0.05, 0.1) is 25.5 Å². The number of halogens is 1. The van der Waals surface area contributed by atoms with Crippen LogP contribution in [0.5, 0.6) is 11.5 Å². The normalized spacial score (nSPS) is 10.2. The summed E-state index contributed by atoms with van der Waals surface area (Å²) in [6, 6.07) is 18.7. The van der Waals surface area contributed by atoms with E-state index in [0.29, 0.717) is 27.6 Å². The van der Waals surface area contributed by atoms with Crippen LogP contribution in [-0.4, -0.2) is 26.3 Å². The van der Waals surface area contributed by atoms with Crippen LogP contribution in [-0.2, 0) is 4.74 Å². The number of hydrogen-bond donors (Lipinski definition) is 1. The van der Waals surface area contributed by atoms with Gasteiger partial charge >= 0.3 is 12.1 Å². The molecule has 0 atom stereocenters. The second kappa shape index (κ2) is 9.12. The zero-order chi connectivity index (χ0) is 20.8. The van der Waals surface area contributed by atoms with Crippen molar-refractivity contribution in [3.8, 4) is 22.6 Å². The molecule has 0 fully saturated rings. The first-order chi connectivity index (χ1) is 14.0. The summed E-state index contributed by atoms with van der Waals surface area (Å²) < 4.78 is 15.3. The lowest BCUT2D eigenvalue weighted by Gasteiger charge is -2.13. The van der Waals surface area contributed by atoms with Gasteiger partial charge in [0, 0.05) is 10.6 Å². The molecule has 0 aromatic heterocycles. The molecule has 1 amide bonds. The van der Waals surface area contributed by atoms with Crippen LogP contribution in [0.15, 0.2) is 66.7 Å². The molecular weight excluding hydrogens is 394 g/mol. The first kappa shape index (κ1) is 20.2. The summed E-state index contributed by atoms with van der Waals surface area (Å²) in [5.74, 6) is 0.402. The number of methoxy groups -OCH3 is 2. The molecule has 148 valence electrons. The van der Waals surface area contributed by atoms with Gasteiger partial charge in [-0.05, 0) is 48.0 Å². The summed E-state index contributed by atoms with van der Waals surface area (Å²) in [5.41, 5.74) is 1.77. The van der Waals surface area contributed by atoms with Crippen molar-refractivity contribution >= 4 is 29.4 Å². The van der Waals surface area contributed by atoms with Gasteiger partial charge in [0.25, 0.3) is 0 Å². The van der Waals surface area contributed by atoms with Gasteiger partial charge in [-0.2, -0.15) is 0 Å². The molecule has 0 aliphatic carbocycles. The third kappa shape index (κ3) is 4.86. The highest BCUT2D eigenvalue weighted by Crippen LogP contribution is 2.34. The molecule has 0 unspecified atom stereocenters. The highest BCUT2D eigenvalue weighted by atomic mass is 35.5. The third-order valence-corrected chi connectivity index (χ3v) is 4.43. The molecule has 7 heteroatoms. The van der Waals surface area contributed by atoms with E-state index in [-0.39, 0.29) is 11.3 Å². The average molecular weight is 412 g/mol. The number of anilines is 1. The molecule has 0 bridgehead atoms. The molecule has 3 aromatic carbocycles. The van der Waals surface area contributed by atoms with Gasteiger partial charge in [-0.25, -0.2) is 9.59 Å². The smallest absolute Gasteiger partial charge is 0.417 e. The van der Waals surface area contributed by atoms with Crippen LogP contribution in [0.4, 0.5) is 10.5 Å². The molecule has 1 N–H and O–H groups in total. The molecule has 0 heterocycles. The second-order valence-electron chi connectivity index (χ2n) is 5.93. The van der Waals surface area contributed by atoms with Crippen LogP contribution in [0.1, 0.15) is 10.4 Å². The van der Waals surface area contributed by atoms with Gasteiger partial charge in [0.1, 0.15) is 11.5 Å². The minimum atomic E-state index is -0.741. The van der Waals surface area contributed by atoms with Crippen molar-refractivity contribution in [3.63, 3.8) is 0 Å². The predicted octanol–water partition coefficient (Wildman–Crippen LogP) is 5.41. The molecule has 0 saturated heterocycles. The minimum Gasteiger partial charge on any atom is -0.497 e. The number of amides is 1. The number of esters is 1. The number of nitrogens with one attached hydrogen (secondary N) is 1. The number of hydrogen-bond acceptors (Lipinski definition) is 5. The minimum absolute atomic E-state index is 0.181. The average Bonchev–Trinajstić information content (AvgIpc) is 2.74. The van der Waals surface area contributed by atoms with E-state index in [1.165, 1.54) is 7.11 Å². The topological polar surface area (TPSA) is 73.9 Å². The Balaban J connectivity index is 1.96. The predicted molar refractivity (Wildman–Crippen MR) is 111 cm³/mol. The van der Waals surface area contributed by atoms with Crippen molar-refractivity contribution in [3.05, 3.63) is 77.3 Å². The molecular formula is C22H18ClNO5. The molecule has 0 aliphatic rings. The third-order valence-electron chi connectivity index (χ3n) is 4.10. The molecule has 3 rings (SSSR count).